The summed E-state index contributed by atoms with van der Waals surface area (Å²) in [5, 5.41) is 0. The summed E-state index contributed by atoms with van der Waals surface area (Å²) in [6.45, 7) is 2.04. The molecule has 0 radical (unpaired) electrons. The van der Waals surface area contributed by atoms with Crippen LogP contribution < -0.4 is 0 Å². The van der Waals surface area contributed by atoms with Crippen molar-refractivity contribution in [1.82, 2.24) is 0 Å². The van der Waals surface area contributed by atoms with Crippen LogP contribution in [0, 0.1) is 5.69 Å². The molecule has 0 bridgehead atoms. The Morgan fingerprint density at radius 1 is 2.00 bits per heavy atom. The standard InChI is InChI=1S/C3H7PS/c1-3-5(2)4/h2,4H,3H2,1H3. The van der Waals surface area contributed by atoms with Crippen LogP contribution in [-0.2, 0) is 9.48 Å². The molecule has 0 atom stereocenters. The van der Waals surface area contributed by atoms with Crippen LogP contribution in [0.5, 0.6) is 0 Å². The van der Waals surface area contributed by atoms with Crippen LogP contribution in [-0.4, -0.2) is 5.75 Å². The summed E-state index contributed by atoms with van der Waals surface area (Å²) in [7, 11) is 3.20. The normalized spacial score (nSPS) is 7.20. The van der Waals surface area contributed by atoms with E-state index < -0.39 is 0 Å². The Morgan fingerprint density at radius 3 is 2.20 bits per heavy atom. The van der Waals surface area contributed by atoms with Gasteiger partial charge in [0, 0.05) is 5.75 Å². The summed E-state index contributed by atoms with van der Waals surface area (Å²) in [6, 6.07) is 0. The molecule has 0 saturated heterocycles. The van der Waals surface area contributed by atoms with E-state index in [9.17, 15) is 0 Å². The molecule has 5 heavy (non-hydrogen) atoms. The Morgan fingerprint density at radius 2 is 2.20 bits per heavy atom. The van der Waals surface area contributed by atoms with E-state index in [4.69, 9.17) is 5.69 Å². The number of rotatable bonds is 0. The first-order valence-electron chi connectivity index (χ1n) is 1.44. The van der Waals surface area contributed by atoms with Crippen molar-refractivity contribution >= 4 is 17.5 Å². The molecule has 0 aromatic heterocycles. The molecule has 0 heterocycles. The average molecular weight is 106 g/mol. The first-order chi connectivity index (χ1) is 2.27. The summed E-state index contributed by atoms with van der Waals surface area (Å²) in [5.74, 6) is 1.02. The molecule has 0 rings (SSSR count). The van der Waals surface area contributed by atoms with E-state index in [1.807, 2.05) is 6.92 Å². The maximum Gasteiger partial charge on any atom is 0.00943 e. The molecular formula is C3H7PS. The molecule has 0 aliphatic heterocycles. The first-order valence-corrected chi connectivity index (χ1v) is 4.12. The van der Waals surface area contributed by atoms with Gasteiger partial charge in [0.15, 0.2) is 0 Å². The number of hydrogen-bond donors (Lipinski definition) is 0. The minimum Gasteiger partial charge on any atom is -0.166 e. The van der Waals surface area contributed by atoms with Gasteiger partial charge in [0.2, 0.25) is 0 Å². The van der Waals surface area contributed by atoms with Crippen molar-refractivity contribution in [3.8, 4) is 5.69 Å². The molecule has 0 unspecified atom stereocenters. The van der Waals surface area contributed by atoms with Gasteiger partial charge in [-0.1, -0.05) is 14.9 Å². The van der Waals surface area contributed by atoms with Crippen molar-refractivity contribution < 1.29 is 0 Å². The largest absolute Gasteiger partial charge is 0.166 e. The van der Waals surface area contributed by atoms with Gasteiger partial charge < -0.3 is 0 Å². The van der Waals surface area contributed by atoms with Crippen molar-refractivity contribution in [3.63, 3.8) is 0 Å². The minimum atomic E-state index is -0.0170. The second-order valence-corrected chi connectivity index (χ2v) is 3.73. The predicted molar refractivity (Wildman–Crippen MR) is 31.2 cm³/mol. The third kappa shape index (κ3) is 4.30. The van der Waals surface area contributed by atoms with Gasteiger partial charge in [0.1, 0.15) is 0 Å². The van der Waals surface area contributed by atoms with Gasteiger partial charge in [-0.3, -0.25) is 0 Å². The maximum absolute atomic E-state index is 5.23. The fourth-order valence-electron chi connectivity index (χ4n) is 0. The molecule has 0 amide bonds. The van der Waals surface area contributed by atoms with Crippen molar-refractivity contribution in [2.24, 2.45) is 0 Å². The molecule has 0 saturated carbocycles. The molecule has 0 aliphatic carbocycles. The highest BCUT2D eigenvalue weighted by Crippen LogP contribution is 1.66. The van der Waals surface area contributed by atoms with Crippen LogP contribution in [0.15, 0.2) is 0 Å². The lowest BCUT2D eigenvalue weighted by molar-refractivity contribution is 1.54. The Labute approximate surface area is 36.6 Å². The van der Waals surface area contributed by atoms with E-state index in [1.54, 1.807) is 0 Å². The fourth-order valence-corrected chi connectivity index (χ4v) is 0. The van der Waals surface area contributed by atoms with Gasteiger partial charge in [-0.2, -0.15) is 9.48 Å². The fraction of sp³-hybridized carbons (Fsp3) is 0.667. The van der Waals surface area contributed by atoms with Crippen molar-refractivity contribution in [2.75, 3.05) is 5.75 Å². The topological polar surface area (TPSA) is 0 Å². The monoisotopic (exact) mass is 106 g/mol. The van der Waals surface area contributed by atoms with Gasteiger partial charge in [-0.25, -0.2) is 0 Å². The lowest BCUT2D eigenvalue weighted by atomic mass is 11.0. The van der Waals surface area contributed by atoms with Gasteiger partial charge in [-0.05, 0) is 0 Å². The van der Waals surface area contributed by atoms with E-state index in [0.29, 0.717) is 0 Å². The van der Waals surface area contributed by atoms with E-state index in [0.717, 1.165) is 5.75 Å². The minimum absolute atomic E-state index is 0.0170. The van der Waals surface area contributed by atoms with Crippen LogP contribution in [0.25, 0.3) is 0 Å². The lowest BCUT2D eigenvalue weighted by Gasteiger charge is -1.66. The van der Waals surface area contributed by atoms with E-state index in [1.165, 1.54) is 0 Å². The quantitative estimate of drug-likeness (QED) is 0.408. The van der Waals surface area contributed by atoms with Crippen molar-refractivity contribution in [1.29, 1.82) is 0 Å². The zero-order valence-electron chi connectivity index (χ0n) is 3.19. The van der Waals surface area contributed by atoms with Crippen molar-refractivity contribution in [3.05, 3.63) is 0 Å². The third-order valence-corrected chi connectivity index (χ3v) is 1.80. The summed E-state index contributed by atoms with van der Waals surface area (Å²) >= 11 is 0. The lowest BCUT2D eigenvalue weighted by Crippen LogP contribution is -1.61. The molecule has 30 valence electrons. The van der Waals surface area contributed by atoms with Crippen LogP contribution in [0.2, 0.25) is 0 Å². The smallest absolute Gasteiger partial charge is 0.00943 e. The molecule has 0 N–H and O–H groups in total. The third-order valence-electron chi connectivity index (χ3n) is 0.311. The second kappa shape index (κ2) is 2.53. The molecular weight excluding hydrogens is 99.1 g/mol. The highest BCUT2D eigenvalue weighted by molar-refractivity contribution is 8.07. The Kier molecular flexibility index (Phi) is 2.68. The average Bonchev–Trinajstić information content (AvgIpc) is 1.38. The highest BCUT2D eigenvalue weighted by Gasteiger charge is 1.51. The van der Waals surface area contributed by atoms with Gasteiger partial charge in [0.05, 0.1) is 0 Å². The Balaban J connectivity index is 3.39. The SMILES string of the molecule is C#S(=P)CC. The molecule has 0 spiro atoms. The highest BCUT2D eigenvalue weighted by atomic mass is 32.5. The van der Waals surface area contributed by atoms with E-state index in [2.05, 4.69) is 8.02 Å². The first kappa shape index (κ1) is 5.30. The van der Waals surface area contributed by atoms with Gasteiger partial charge in [-0.15, -0.1) is 5.69 Å². The molecule has 2 heteroatoms. The zero-order chi connectivity index (χ0) is 4.28. The van der Waals surface area contributed by atoms with Gasteiger partial charge in [0.25, 0.3) is 0 Å². The van der Waals surface area contributed by atoms with Gasteiger partial charge >= 0.3 is 0 Å². The number of hydrogen-bond acceptors (Lipinski definition) is 0. The molecule has 0 nitrogen and oxygen atoms in total. The Bertz CT molecular complexity index is 108. The van der Waals surface area contributed by atoms with E-state index >= 15 is 0 Å². The second-order valence-electron chi connectivity index (χ2n) is 0.718. The Hall–Kier alpha value is 0.300. The van der Waals surface area contributed by atoms with E-state index in [-0.39, 0.29) is 9.48 Å². The van der Waals surface area contributed by atoms with Crippen LogP contribution >= 0.6 is 8.02 Å². The summed E-state index contributed by atoms with van der Waals surface area (Å²) in [6.07, 6.45) is 0. The predicted octanol–water partition coefficient (Wildman–Crippen LogP) is 1.27. The zero-order valence-corrected chi connectivity index (χ0v) is 5.01. The van der Waals surface area contributed by atoms with Crippen LogP contribution in [0.1, 0.15) is 6.92 Å². The molecule has 0 aromatic carbocycles. The van der Waals surface area contributed by atoms with Crippen LogP contribution in [0.3, 0.4) is 0 Å². The summed E-state index contributed by atoms with van der Waals surface area (Å²) in [5.41, 5.74) is 5.23. The maximum atomic E-state index is 5.23. The molecule has 0 fully saturated rings. The van der Waals surface area contributed by atoms with Crippen molar-refractivity contribution in [2.45, 2.75) is 6.92 Å². The molecule has 0 aliphatic rings. The summed E-state index contributed by atoms with van der Waals surface area (Å²) < 4.78 is 0. The van der Waals surface area contributed by atoms with Crippen LogP contribution in [0.4, 0.5) is 0 Å². The summed E-state index contributed by atoms with van der Waals surface area (Å²) in [4.78, 5) is 0. The molecule has 0 aromatic rings.